The second-order valence-corrected chi connectivity index (χ2v) is 6.61. The molecule has 2 aliphatic rings. The van der Waals surface area contributed by atoms with Gasteiger partial charge >= 0.3 is 0 Å². The van der Waals surface area contributed by atoms with Gasteiger partial charge in [0.25, 0.3) is 0 Å². The van der Waals surface area contributed by atoms with Crippen molar-refractivity contribution in [2.45, 2.75) is 32.3 Å². The van der Waals surface area contributed by atoms with E-state index in [9.17, 15) is 10.1 Å². The Morgan fingerprint density at radius 3 is 2.82 bits per heavy atom. The SMILES string of the molecule is CC1(C)Oc2ccc(C#N)cc2C(N2CCCC2=O)=C1CBr. The molecule has 1 saturated heterocycles. The molecule has 0 radical (unpaired) electrons. The maximum Gasteiger partial charge on any atom is 0.227 e. The molecule has 1 aromatic carbocycles. The fourth-order valence-corrected chi connectivity index (χ4v) is 4.02. The Labute approximate surface area is 138 Å². The Morgan fingerprint density at radius 2 is 2.23 bits per heavy atom. The summed E-state index contributed by atoms with van der Waals surface area (Å²) in [6.45, 7) is 4.73. The number of likely N-dealkylation sites (tertiary alicyclic amines) is 1. The first kappa shape index (κ1) is 15.1. The Balaban J connectivity index is 2.26. The minimum Gasteiger partial charge on any atom is -0.483 e. The Hall–Kier alpha value is -1.80. The number of fused-ring (bicyclic) bond motifs is 1. The lowest BCUT2D eigenvalue weighted by Crippen LogP contribution is -2.39. The van der Waals surface area contributed by atoms with Gasteiger partial charge in [0.2, 0.25) is 5.91 Å². The van der Waals surface area contributed by atoms with E-state index in [4.69, 9.17) is 4.74 Å². The van der Waals surface area contributed by atoms with Gasteiger partial charge in [0.15, 0.2) is 0 Å². The first-order valence-electron chi connectivity index (χ1n) is 7.31. The van der Waals surface area contributed by atoms with Gasteiger partial charge in [0.05, 0.1) is 17.3 Å². The third-order valence-electron chi connectivity index (χ3n) is 4.22. The lowest BCUT2D eigenvalue weighted by Gasteiger charge is -2.39. The lowest BCUT2D eigenvalue weighted by atomic mass is 9.89. The van der Waals surface area contributed by atoms with Crippen molar-refractivity contribution in [1.82, 2.24) is 4.90 Å². The molecule has 1 fully saturated rings. The Bertz CT molecular complexity index is 716. The van der Waals surface area contributed by atoms with Crippen LogP contribution in [0.1, 0.15) is 37.8 Å². The number of halogens is 1. The fourth-order valence-electron chi connectivity index (χ4n) is 3.07. The number of ether oxygens (including phenoxy) is 1. The lowest BCUT2D eigenvalue weighted by molar-refractivity contribution is -0.125. The molecule has 1 aromatic rings. The van der Waals surface area contributed by atoms with E-state index in [0.717, 1.165) is 35.5 Å². The van der Waals surface area contributed by atoms with Crippen LogP contribution in [-0.4, -0.2) is 28.3 Å². The normalized spacial score (nSPS) is 19.7. The van der Waals surface area contributed by atoms with Gasteiger partial charge in [0.1, 0.15) is 11.4 Å². The van der Waals surface area contributed by atoms with E-state index in [1.54, 1.807) is 6.07 Å². The highest BCUT2D eigenvalue weighted by Crippen LogP contribution is 2.44. The van der Waals surface area contributed by atoms with Crippen molar-refractivity contribution in [3.63, 3.8) is 0 Å². The number of amides is 1. The number of carbonyl (C=O) groups is 1. The van der Waals surface area contributed by atoms with E-state index < -0.39 is 5.60 Å². The van der Waals surface area contributed by atoms with E-state index >= 15 is 0 Å². The summed E-state index contributed by atoms with van der Waals surface area (Å²) in [4.78, 5) is 14.1. The van der Waals surface area contributed by atoms with Gasteiger partial charge in [-0.3, -0.25) is 4.79 Å². The summed E-state index contributed by atoms with van der Waals surface area (Å²) in [5.41, 5.74) is 2.85. The van der Waals surface area contributed by atoms with Gasteiger partial charge < -0.3 is 9.64 Å². The predicted molar refractivity (Wildman–Crippen MR) is 87.5 cm³/mol. The number of nitriles is 1. The number of benzene rings is 1. The third kappa shape index (κ3) is 2.32. The van der Waals surface area contributed by atoms with E-state index in [2.05, 4.69) is 22.0 Å². The topological polar surface area (TPSA) is 53.3 Å². The van der Waals surface area contributed by atoms with Gasteiger partial charge in [-0.15, -0.1) is 0 Å². The number of carbonyl (C=O) groups excluding carboxylic acids is 1. The van der Waals surface area contributed by atoms with Crippen molar-refractivity contribution in [3.8, 4) is 11.8 Å². The minimum atomic E-state index is -0.497. The Morgan fingerprint density at radius 1 is 1.45 bits per heavy atom. The van der Waals surface area contributed by atoms with E-state index in [-0.39, 0.29) is 5.91 Å². The van der Waals surface area contributed by atoms with Crippen LogP contribution in [0.15, 0.2) is 23.8 Å². The first-order valence-corrected chi connectivity index (χ1v) is 8.43. The molecule has 2 aliphatic heterocycles. The smallest absolute Gasteiger partial charge is 0.227 e. The van der Waals surface area contributed by atoms with Gasteiger partial charge in [-0.25, -0.2) is 0 Å². The molecular weight excluding hydrogens is 344 g/mol. The van der Waals surface area contributed by atoms with Crippen LogP contribution in [0.4, 0.5) is 0 Å². The molecule has 1 amide bonds. The van der Waals surface area contributed by atoms with Crippen molar-refractivity contribution in [2.75, 3.05) is 11.9 Å². The number of hydrogen-bond acceptors (Lipinski definition) is 3. The number of rotatable bonds is 2. The van der Waals surface area contributed by atoms with E-state index in [0.29, 0.717) is 17.3 Å². The molecule has 0 bridgehead atoms. The zero-order chi connectivity index (χ0) is 15.9. The molecule has 0 saturated carbocycles. The van der Waals surface area contributed by atoms with Crippen molar-refractivity contribution >= 4 is 27.5 Å². The molecule has 3 rings (SSSR count). The highest BCUT2D eigenvalue weighted by atomic mass is 79.9. The Kier molecular flexibility index (Phi) is 3.73. The van der Waals surface area contributed by atoms with E-state index in [1.165, 1.54) is 0 Å². The summed E-state index contributed by atoms with van der Waals surface area (Å²) in [6, 6.07) is 7.54. The van der Waals surface area contributed by atoms with Crippen LogP contribution < -0.4 is 4.74 Å². The summed E-state index contributed by atoms with van der Waals surface area (Å²) in [5, 5.41) is 9.79. The van der Waals surface area contributed by atoms with Crippen LogP contribution in [0.25, 0.3) is 5.70 Å². The van der Waals surface area contributed by atoms with Gasteiger partial charge in [-0.2, -0.15) is 5.26 Å². The maximum atomic E-state index is 12.3. The average molecular weight is 361 g/mol. The summed E-state index contributed by atoms with van der Waals surface area (Å²) >= 11 is 3.54. The van der Waals surface area contributed by atoms with Crippen LogP contribution >= 0.6 is 15.9 Å². The highest BCUT2D eigenvalue weighted by Gasteiger charge is 2.39. The van der Waals surface area contributed by atoms with Gasteiger partial charge in [0, 0.05) is 29.4 Å². The molecule has 0 aliphatic carbocycles. The first-order chi connectivity index (χ1) is 10.5. The van der Waals surface area contributed by atoms with Gasteiger partial charge in [-0.1, -0.05) is 15.9 Å². The van der Waals surface area contributed by atoms with Crippen LogP contribution in [0, 0.1) is 11.3 Å². The quantitative estimate of drug-likeness (QED) is 0.758. The molecule has 0 aromatic heterocycles. The van der Waals surface area contributed by atoms with Crippen LogP contribution in [0.2, 0.25) is 0 Å². The molecule has 0 spiro atoms. The molecule has 5 heteroatoms. The second kappa shape index (κ2) is 5.44. The van der Waals surface area contributed by atoms with E-state index in [1.807, 2.05) is 30.9 Å². The van der Waals surface area contributed by atoms with Crippen LogP contribution in [0.3, 0.4) is 0 Å². The summed E-state index contributed by atoms with van der Waals surface area (Å²) in [7, 11) is 0. The maximum absolute atomic E-state index is 12.3. The van der Waals surface area contributed by atoms with Crippen molar-refractivity contribution in [1.29, 1.82) is 5.26 Å². The summed E-state index contributed by atoms with van der Waals surface area (Å²) in [5.74, 6) is 0.864. The third-order valence-corrected chi connectivity index (χ3v) is 4.78. The van der Waals surface area contributed by atoms with Crippen LogP contribution in [0.5, 0.6) is 5.75 Å². The molecule has 2 heterocycles. The van der Waals surface area contributed by atoms with Gasteiger partial charge in [-0.05, 0) is 38.5 Å². The van der Waals surface area contributed by atoms with Crippen molar-refractivity contribution in [2.24, 2.45) is 0 Å². The number of hydrogen-bond donors (Lipinski definition) is 0. The standard InChI is InChI=1S/C17H17BrN2O2/c1-17(2)13(9-18)16(20-7-3-4-15(20)21)12-8-11(10-19)5-6-14(12)22-17/h5-6,8H,3-4,7,9H2,1-2H3. The summed E-state index contributed by atoms with van der Waals surface area (Å²) < 4.78 is 6.11. The molecule has 0 unspecified atom stereocenters. The predicted octanol–water partition coefficient (Wildman–Crippen LogP) is 3.46. The molecule has 0 atom stereocenters. The molecule has 0 N–H and O–H groups in total. The van der Waals surface area contributed by atoms with Crippen molar-refractivity contribution in [3.05, 3.63) is 34.9 Å². The summed E-state index contributed by atoms with van der Waals surface area (Å²) in [6.07, 6.45) is 1.44. The molecule has 114 valence electrons. The monoisotopic (exact) mass is 360 g/mol. The molecule has 22 heavy (non-hydrogen) atoms. The fraction of sp³-hybridized carbons (Fsp3) is 0.412. The molecule has 4 nitrogen and oxygen atoms in total. The average Bonchev–Trinajstić information content (AvgIpc) is 2.90. The zero-order valence-corrected chi connectivity index (χ0v) is 14.2. The highest BCUT2D eigenvalue weighted by molar-refractivity contribution is 9.09. The molecular formula is C17H17BrN2O2. The largest absolute Gasteiger partial charge is 0.483 e. The second-order valence-electron chi connectivity index (χ2n) is 6.04. The zero-order valence-electron chi connectivity index (χ0n) is 12.6. The number of nitrogens with zero attached hydrogens (tertiary/aromatic N) is 2. The number of alkyl halides is 1. The minimum absolute atomic E-state index is 0.138. The van der Waals surface area contributed by atoms with Crippen molar-refractivity contribution < 1.29 is 9.53 Å². The van der Waals surface area contributed by atoms with Crippen LogP contribution in [-0.2, 0) is 4.79 Å².